The highest BCUT2D eigenvalue weighted by Gasteiger charge is 2.41. The number of aliphatic carboxylic acids is 1. The first kappa shape index (κ1) is 17.9. The lowest BCUT2D eigenvalue weighted by atomic mass is 9.87. The predicted molar refractivity (Wildman–Crippen MR) is 99.6 cm³/mol. The van der Waals surface area contributed by atoms with Gasteiger partial charge in [0, 0.05) is 31.2 Å². The summed E-state index contributed by atoms with van der Waals surface area (Å²) in [6.07, 6.45) is 1.17. The zero-order valence-corrected chi connectivity index (χ0v) is 14.9. The first-order valence-corrected chi connectivity index (χ1v) is 8.95. The zero-order valence-electron chi connectivity index (χ0n) is 14.1. The average molecular weight is 359 g/mol. The van der Waals surface area contributed by atoms with Crippen molar-refractivity contribution < 1.29 is 9.90 Å². The number of nitrogens with zero attached hydrogens (tertiary/aromatic N) is 1. The van der Waals surface area contributed by atoms with E-state index in [1.165, 1.54) is 5.56 Å². The van der Waals surface area contributed by atoms with E-state index in [1.807, 2.05) is 42.5 Å². The SMILES string of the molecule is O=C(O)C1(NCc2ccccc2Cl)CCN(Cc2ccccc2)CC1. The van der Waals surface area contributed by atoms with Crippen LogP contribution in [-0.4, -0.2) is 34.6 Å². The van der Waals surface area contributed by atoms with Gasteiger partial charge in [-0.15, -0.1) is 0 Å². The molecule has 0 radical (unpaired) electrons. The van der Waals surface area contributed by atoms with Gasteiger partial charge in [0.15, 0.2) is 0 Å². The average Bonchev–Trinajstić information content (AvgIpc) is 2.63. The van der Waals surface area contributed by atoms with E-state index in [-0.39, 0.29) is 0 Å². The van der Waals surface area contributed by atoms with Gasteiger partial charge < -0.3 is 5.11 Å². The number of nitrogens with one attached hydrogen (secondary N) is 1. The van der Waals surface area contributed by atoms with E-state index in [4.69, 9.17) is 11.6 Å². The molecular weight excluding hydrogens is 336 g/mol. The Hall–Kier alpha value is -1.88. The van der Waals surface area contributed by atoms with Crippen LogP contribution in [0.4, 0.5) is 0 Å². The van der Waals surface area contributed by atoms with Crippen LogP contribution in [0.3, 0.4) is 0 Å². The lowest BCUT2D eigenvalue weighted by molar-refractivity contribution is -0.147. The maximum atomic E-state index is 11.9. The van der Waals surface area contributed by atoms with Crippen LogP contribution in [0.2, 0.25) is 5.02 Å². The molecule has 2 aromatic carbocycles. The fourth-order valence-electron chi connectivity index (χ4n) is 3.31. The Morgan fingerprint density at radius 2 is 1.72 bits per heavy atom. The van der Waals surface area contributed by atoms with Crippen LogP contribution >= 0.6 is 11.6 Å². The Labute approximate surface area is 153 Å². The summed E-state index contributed by atoms with van der Waals surface area (Å²) in [4.78, 5) is 14.2. The normalized spacial score (nSPS) is 17.3. The summed E-state index contributed by atoms with van der Waals surface area (Å²) in [5.74, 6) is -0.779. The van der Waals surface area contributed by atoms with E-state index in [2.05, 4.69) is 22.3 Å². The third-order valence-corrected chi connectivity index (χ3v) is 5.31. The molecule has 0 saturated carbocycles. The number of carboxylic acids is 1. The molecule has 0 atom stereocenters. The van der Waals surface area contributed by atoms with Crippen molar-refractivity contribution >= 4 is 17.6 Å². The molecule has 0 amide bonds. The number of likely N-dealkylation sites (tertiary alicyclic amines) is 1. The molecule has 1 fully saturated rings. The standard InChI is InChI=1S/C20H23ClN2O2/c21-18-9-5-4-8-17(18)14-22-20(19(24)25)10-12-23(13-11-20)15-16-6-2-1-3-7-16/h1-9,22H,10-15H2,(H,24,25). The van der Waals surface area contributed by atoms with Crippen molar-refractivity contribution in [2.45, 2.75) is 31.5 Å². The van der Waals surface area contributed by atoms with Gasteiger partial charge in [-0.1, -0.05) is 60.1 Å². The molecule has 1 saturated heterocycles. The van der Waals surface area contributed by atoms with E-state index < -0.39 is 11.5 Å². The molecule has 0 aliphatic carbocycles. The molecule has 1 heterocycles. The number of rotatable bonds is 6. The molecule has 0 bridgehead atoms. The third kappa shape index (κ3) is 4.40. The topological polar surface area (TPSA) is 52.6 Å². The molecule has 25 heavy (non-hydrogen) atoms. The maximum Gasteiger partial charge on any atom is 0.324 e. The molecule has 3 rings (SSSR count). The number of carbonyl (C=O) groups is 1. The van der Waals surface area contributed by atoms with Crippen LogP contribution in [0.1, 0.15) is 24.0 Å². The highest BCUT2D eigenvalue weighted by Crippen LogP contribution is 2.25. The monoisotopic (exact) mass is 358 g/mol. The fraction of sp³-hybridized carbons (Fsp3) is 0.350. The molecule has 0 spiro atoms. The van der Waals surface area contributed by atoms with Crippen molar-refractivity contribution in [1.29, 1.82) is 0 Å². The van der Waals surface area contributed by atoms with Gasteiger partial charge in [-0.05, 0) is 30.0 Å². The minimum absolute atomic E-state index is 0.463. The number of halogens is 1. The fourth-order valence-corrected chi connectivity index (χ4v) is 3.51. The number of piperidine rings is 1. The summed E-state index contributed by atoms with van der Waals surface area (Å²) in [6, 6.07) is 17.8. The summed E-state index contributed by atoms with van der Waals surface area (Å²) in [7, 11) is 0. The molecule has 4 nitrogen and oxygen atoms in total. The van der Waals surface area contributed by atoms with Gasteiger partial charge in [-0.25, -0.2) is 0 Å². The Kier molecular flexibility index (Phi) is 5.74. The number of hydrogen-bond acceptors (Lipinski definition) is 3. The lowest BCUT2D eigenvalue weighted by Gasteiger charge is -2.39. The minimum Gasteiger partial charge on any atom is -0.480 e. The predicted octanol–water partition coefficient (Wildman–Crippen LogP) is 3.55. The van der Waals surface area contributed by atoms with Gasteiger partial charge in [0.05, 0.1) is 0 Å². The van der Waals surface area contributed by atoms with Crippen LogP contribution in [0, 0.1) is 0 Å². The quantitative estimate of drug-likeness (QED) is 0.829. The molecule has 132 valence electrons. The molecule has 0 unspecified atom stereocenters. The smallest absolute Gasteiger partial charge is 0.324 e. The van der Waals surface area contributed by atoms with Crippen LogP contribution in [0.25, 0.3) is 0 Å². The number of benzene rings is 2. The molecule has 1 aliphatic rings. The van der Waals surface area contributed by atoms with Gasteiger partial charge in [0.1, 0.15) is 5.54 Å². The van der Waals surface area contributed by atoms with Crippen LogP contribution in [-0.2, 0) is 17.9 Å². The second-order valence-corrected chi connectivity index (χ2v) is 7.00. The van der Waals surface area contributed by atoms with Crippen molar-refractivity contribution in [3.05, 3.63) is 70.7 Å². The third-order valence-electron chi connectivity index (χ3n) is 4.94. The first-order chi connectivity index (χ1) is 12.1. The number of hydrogen-bond donors (Lipinski definition) is 2. The summed E-state index contributed by atoms with van der Waals surface area (Å²) >= 11 is 6.18. The summed E-state index contributed by atoms with van der Waals surface area (Å²) < 4.78 is 0. The molecular formula is C20H23ClN2O2. The van der Waals surface area contributed by atoms with Gasteiger partial charge in [-0.2, -0.15) is 0 Å². The molecule has 2 N–H and O–H groups in total. The molecule has 1 aliphatic heterocycles. The lowest BCUT2D eigenvalue weighted by Crippen LogP contribution is -2.58. The van der Waals surface area contributed by atoms with Crippen LogP contribution < -0.4 is 5.32 Å². The van der Waals surface area contributed by atoms with Gasteiger partial charge >= 0.3 is 5.97 Å². The second kappa shape index (κ2) is 8.00. The first-order valence-electron chi connectivity index (χ1n) is 8.57. The van der Waals surface area contributed by atoms with Crippen molar-refractivity contribution in [2.24, 2.45) is 0 Å². The summed E-state index contributed by atoms with van der Waals surface area (Å²) in [5, 5.41) is 13.7. The Morgan fingerprint density at radius 1 is 1.08 bits per heavy atom. The van der Waals surface area contributed by atoms with Gasteiger partial charge in [0.25, 0.3) is 0 Å². The minimum atomic E-state index is -0.883. The van der Waals surface area contributed by atoms with Crippen molar-refractivity contribution in [3.63, 3.8) is 0 Å². The highest BCUT2D eigenvalue weighted by atomic mass is 35.5. The molecule has 5 heteroatoms. The molecule has 0 aromatic heterocycles. The number of carboxylic acid groups (broad SMARTS) is 1. The summed E-state index contributed by atoms with van der Waals surface area (Å²) in [5.41, 5.74) is 1.30. The Morgan fingerprint density at radius 3 is 2.36 bits per heavy atom. The largest absolute Gasteiger partial charge is 0.480 e. The second-order valence-electron chi connectivity index (χ2n) is 6.59. The van der Waals surface area contributed by atoms with Crippen molar-refractivity contribution in [2.75, 3.05) is 13.1 Å². The Bertz CT molecular complexity index is 713. The van der Waals surface area contributed by atoms with E-state index in [1.54, 1.807) is 0 Å². The van der Waals surface area contributed by atoms with E-state index in [0.29, 0.717) is 24.4 Å². The highest BCUT2D eigenvalue weighted by molar-refractivity contribution is 6.31. The summed E-state index contributed by atoms with van der Waals surface area (Å²) in [6.45, 7) is 2.85. The zero-order chi connectivity index (χ0) is 17.7. The molecule has 2 aromatic rings. The van der Waals surface area contributed by atoms with E-state index in [9.17, 15) is 9.90 Å². The van der Waals surface area contributed by atoms with Crippen LogP contribution in [0.5, 0.6) is 0 Å². The maximum absolute atomic E-state index is 11.9. The van der Waals surface area contributed by atoms with E-state index in [0.717, 1.165) is 25.2 Å². The van der Waals surface area contributed by atoms with Gasteiger partial charge in [0.2, 0.25) is 0 Å². The van der Waals surface area contributed by atoms with Crippen molar-refractivity contribution in [3.8, 4) is 0 Å². The Balaban J connectivity index is 1.61. The van der Waals surface area contributed by atoms with Crippen LogP contribution in [0.15, 0.2) is 54.6 Å². The van der Waals surface area contributed by atoms with Crippen molar-refractivity contribution in [1.82, 2.24) is 10.2 Å². The van der Waals surface area contributed by atoms with Gasteiger partial charge in [-0.3, -0.25) is 15.0 Å². The van der Waals surface area contributed by atoms with E-state index >= 15 is 0 Å².